The topological polar surface area (TPSA) is 100 Å². The third-order valence-corrected chi connectivity index (χ3v) is 4.87. The Labute approximate surface area is 166 Å². The lowest BCUT2D eigenvalue weighted by molar-refractivity contribution is -0.118. The van der Waals surface area contributed by atoms with E-state index < -0.39 is 17.8 Å². The molecule has 0 atom stereocenters. The van der Waals surface area contributed by atoms with Gasteiger partial charge in [-0.25, -0.2) is 9.59 Å². The zero-order valence-corrected chi connectivity index (χ0v) is 16.8. The summed E-state index contributed by atoms with van der Waals surface area (Å²) in [6, 6.07) is 6.75. The second-order valence-corrected chi connectivity index (χ2v) is 6.51. The van der Waals surface area contributed by atoms with Crippen LogP contribution in [0.5, 0.6) is 11.5 Å². The van der Waals surface area contributed by atoms with Crippen LogP contribution in [-0.2, 0) is 14.3 Å². The van der Waals surface area contributed by atoms with Crippen LogP contribution in [0.2, 0.25) is 0 Å². The predicted octanol–water partition coefficient (Wildman–Crippen LogP) is 3.05. The van der Waals surface area contributed by atoms with Crippen molar-refractivity contribution < 1.29 is 33.3 Å². The number of rotatable bonds is 8. The molecule has 1 amide bonds. The third kappa shape index (κ3) is 5.01. The Bertz CT molecular complexity index is 858. The Morgan fingerprint density at radius 1 is 1.04 bits per heavy atom. The molecule has 1 aromatic heterocycles. The molecular formula is C19H21NO7S. The first-order valence-electron chi connectivity index (χ1n) is 8.36. The summed E-state index contributed by atoms with van der Waals surface area (Å²) < 4.78 is 20.2. The Kier molecular flexibility index (Phi) is 7.39. The molecule has 0 spiro atoms. The number of hydrogen-bond donors (Lipinski definition) is 1. The monoisotopic (exact) mass is 407 g/mol. The van der Waals surface area contributed by atoms with Gasteiger partial charge in [0.25, 0.3) is 5.91 Å². The summed E-state index contributed by atoms with van der Waals surface area (Å²) in [5.41, 5.74) is 0.520. The zero-order chi connectivity index (χ0) is 20.7. The molecule has 0 saturated carbocycles. The average Bonchev–Trinajstić information content (AvgIpc) is 3.02. The Morgan fingerprint density at radius 3 is 2.25 bits per heavy atom. The first-order chi connectivity index (χ1) is 13.4. The number of hydrogen-bond acceptors (Lipinski definition) is 8. The second kappa shape index (κ2) is 9.75. The maximum atomic E-state index is 12.3. The standard InChI is InChI=1S/C19H21NO7S/c1-5-26-18(22)15-11(2)16(19(23)25-4)28-17(15)20-14(21)10-27-13-8-6-12(24-3)7-9-13/h6-9H,5,10H2,1-4H3,(H,20,21). The van der Waals surface area contributed by atoms with Gasteiger partial charge >= 0.3 is 11.9 Å². The SMILES string of the molecule is CCOC(=O)c1c(NC(=O)COc2ccc(OC)cc2)sc(C(=O)OC)c1C. The number of nitrogens with one attached hydrogen (secondary N) is 1. The van der Waals surface area contributed by atoms with Crippen molar-refractivity contribution in [3.05, 3.63) is 40.3 Å². The van der Waals surface area contributed by atoms with Crippen LogP contribution in [0.1, 0.15) is 32.5 Å². The van der Waals surface area contributed by atoms with Gasteiger partial charge in [-0.1, -0.05) is 0 Å². The summed E-state index contributed by atoms with van der Waals surface area (Å²) >= 11 is 0.949. The molecule has 28 heavy (non-hydrogen) atoms. The second-order valence-electron chi connectivity index (χ2n) is 5.48. The molecule has 0 saturated heterocycles. The van der Waals surface area contributed by atoms with Gasteiger partial charge in [0.2, 0.25) is 0 Å². The molecule has 150 valence electrons. The molecule has 2 rings (SSSR count). The number of methoxy groups -OCH3 is 2. The van der Waals surface area contributed by atoms with Crippen molar-refractivity contribution in [2.24, 2.45) is 0 Å². The van der Waals surface area contributed by atoms with Gasteiger partial charge in [-0.2, -0.15) is 0 Å². The van der Waals surface area contributed by atoms with E-state index in [1.54, 1.807) is 45.2 Å². The Hall–Kier alpha value is -3.07. The average molecular weight is 407 g/mol. The van der Waals surface area contributed by atoms with Crippen LogP contribution in [0.15, 0.2) is 24.3 Å². The van der Waals surface area contributed by atoms with Gasteiger partial charge in [0.15, 0.2) is 6.61 Å². The van der Waals surface area contributed by atoms with Crippen molar-refractivity contribution in [2.75, 3.05) is 32.8 Å². The summed E-state index contributed by atoms with van der Waals surface area (Å²) in [6.07, 6.45) is 0. The number of amides is 1. The highest BCUT2D eigenvalue weighted by Crippen LogP contribution is 2.34. The van der Waals surface area contributed by atoms with Crippen molar-refractivity contribution in [3.63, 3.8) is 0 Å². The van der Waals surface area contributed by atoms with E-state index in [9.17, 15) is 14.4 Å². The summed E-state index contributed by atoms with van der Waals surface area (Å²) in [5, 5.41) is 2.81. The van der Waals surface area contributed by atoms with E-state index in [1.807, 2.05) is 0 Å². The van der Waals surface area contributed by atoms with E-state index in [0.717, 1.165) is 11.3 Å². The Morgan fingerprint density at radius 2 is 1.68 bits per heavy atom. The third-order valence-electron chi connectivity index (χ3n) is 3.68. The molecule has 1 N–H and O–H groups in total. The van der Waals surface area contributed by atoms with Crippen molar-refractivity contribution in [2.45, 2.75) is 13.8 Å². The van der Waals surface area contributed by atoms with Crippen LogP contribution < -0.4 is 14.8 Å². The molecule has 0 fully saturated rings. The van der Waals surface area contributed by atoms with Crippen LogP contribution in [-0.4, -0.2) is 45.3 Å². The molecule has 8 nitrogen and oxygen atoms in total. The summed E-state index contributed by atoms with van der Waals surface area (Å²) in [5.74, 6) is -0.556. The van der Waals surface area contributed by atoms with Crippen LogP contribution in [0.4, 0.5) is 5.00 Å². The highest BCUT2D eigenvalue weighted by Gasteiger charge is 2.27. The van der Waals surface area contributed by atoms with Gasteiger partial charge in [0.1, 0.15) is 21.4 Å². The molecule has 2 aromatic rings. The molecule has 0 unspecified atom stereocenters. The molecule has 9 heteroatoms. The highest BCUT2D eigenvalue weighted by atomic mass is 32.1. The fourth-order valence-corrected chi connectivity index (χ4v) is 3.45. The number of anilines is 1. The molecule has 0 bridgehead atoms. The van der Waals surface area contributed by atoms with Gasteiger partial charge in [0.05, 0.1) is 26.4 Å². The summed E-state index contributed by atoms with van der Waals surface area (Å²) in [4.78, 5) is 36.7. The first-order valence-corrected chi connectivity index (χ1v) is 9.18. The molecule has 0 aliphatic heterocycles. The minimum Gasteiger partial charge on any atom is -0.497 e. The van der Waals surface area contributed by atoms with E-state index in [0.29, 0.717) is 17.1 Å². The Balaban J connectivity index is 2.15. The van der Waals surface area contributed by atoms with E-state index >= 15 is 0 Å². The van der Waals surface area contributed by atoms with Crippen molar-refractivity contribution in [1.29, 1.82) is 0 Å². The lowest BCUT2D eigenvalue weighted by Crippen LogP contribution is -2.21. The lowest BCUT2D eigenvalue weighted by Gasteiger charge is -2.09. The quantitative estimate of drug-likeness (QED) is 0.671. The number of carbonyl (C=O) groups excluding carboxylic acids is 3. The number of ether oxygens (including phenoxy) is 4. The van der Waals surface area contributed by atoms with Crippen LogP contribution in [0.3, 0.4) is 0 Å². The van der Waals surface area contributed by atoms with Gasteiger partial charge in [-0.15, -0.1) is 11.3 Å². The minimum absolute atomic E-state index is 0.130. The number of thiophene rings is 1. The normalized spacial score (nSPS) is 10.1. The minimum atomic E-state index is -0.627. The lowest BCUT2D eigenvalue weighted by atomic mass is 10.1. The number of esters is 2. The van der Waals surface area contributed by atoms with Crippen LogP contribution in [0.25, 0.3) is 0 Å². The predicted molar refractivity (Wildman–Crippen MR) is 103 cm³/mol. The number of carbonyl (C=O) groups is 3. The zero-order valence-electron chi connectivity index (χ0n) is 16.0. The van der Waals surface area contributed by atoms with Gasteiger partial charge < -0.3 is 24.3 Å². The molecule has 1 heterocycles. The molecule has 0 aliphatic rings. The van der Waals surface area contributed by atoms with Crippen LogP contribution in [0, 0.1) is 6.92 Å². The number of benzene rings is 1. The molecule has 0 radical (unpaired) electrons. The first kappa shape index (κ1) is 21.2. The van der Waals surface area contributed by atoms with Crippen LogP contribution >= 0.6 is 11.3 Å². The summed E-state index contributed by atoms with van der Waals surface area (Å²) in [7, 11) is 2.79. The largest absolute Gasteiger partial charge is 0.497 e. The van der Waals surface area contributed by atoms with Gasteiger partial charge in [-0.3, -0.25) is 4.79 Å². The van der Waals surface area contributed by atoms with Crippen molar-refractivity contribution in [1.82, 2.24) is 0 Å². The van der Waals surface area contributed by atoms with Gasteiger partial charge in [-0.05, 0) is 43.7 Å². The van der Waals surface area contributed by atoms with E-state index in [-0.39, 0.29) is 28.7 Å². The van der Waals surface area contributed by atoms with E-state index in [4.69, 9.17) is 18.9 Å². The maximum Gasteiger partial charge on any atom is 0.348 e. The summed E-state index contributed by atoms with van der Waals surface area (Å²) in [6.45, 7) is 3.15. The maximum absolute atomic E-state index is 12.3. The molecule has 0 aliphatic carbocycles. The van der Waals surface area contributed by atoms with Crippen molar-refractivity contribution in [3.8, 4) is 11.5 Å². The van der Waals surface area contributed by atoms with Gasteiger partial charge in [0, 0.05) is 0 Å². The van der Waals surface area contributed by atoms with Crippen molar-refractivity contribution >= 4 is 34.2 Å². The highest BCUT2D eigenvalue weighted by molar-refractivity contribution is 7.18. The molecule has 1 aromatic carbocycles. The van der Waals surface area contributed by atoms with E-state index in [2.05, 4.69) is 5.32 Å². The smallest absolute Gasteiger partial charge is 0.348 e. The molecular weight excluding hydrogens is 386 g/mol. The van der Waals surface area contributed by atoms with E-state index in [1.165, 1.54) is 7.11 Å². The fraction of sp³-hybridized carbons (Fsp3) is 0.316. The fourth-order valence-electron chi connectivity index (χ4n) is 2.32.